The first-order valence-corrected chi connectivity index (χ1v) is 11.1. The van der Waals surface area contributed by atoms with Gasteiger partial charge >= 0.3 is 0 Å². The molecule has 0 spiro atoms. The minimum Gasteiger partial charge on any atom is -0.493 e. The number of rotatable bonds is 9. The lowest BCUT2D eigenvalue weighted by atomic mass is 10.1. The van der Waals surface area contributed by atoms with Gasteiger partial charge in [-0.25, -0.2) is 5.43 Å². The molecule has 0 unspecified atom stereocenters. The molecule has 36 heavy (non-hydrogen) atoms. The van der Waals surface area contributed by atoms with Gasteiger partial charge in [-0.1, -0.05) is 42.5 Å². The second-order valence-electron chi connectivity index (χ2n) is 7.76. The van der Waals surface area contributed by atoms with E-state index in [-0.39, 0.29) is 5.91 Å². The van der Waals surface area contributed by atoms with Crippen molar-refractivity contribution in [3.8, 4) is 28.6 Å². The molecule has 184 valence electrons. The average Bonchev–Trinajstić information content (AvgIpc) is 3.40. The average molecular weight is 487 g/mol. The van der Waals surface area contributed by atoms with Crippen molar-refractivity contribution in [1.29, 1.82) is 0 Å². The zero-order valence-corrected chi connectivity index (χ0v) is 20.4. The van der Waals surface area contributed by atoms with E-state index in [0.717, 1.165) is 16.7 Å². The molecular formula is C26H26N6O4. The summed E-state index contributed by atoms with van der Waals surface area (Å²) in [6.07, 6.45) is 0. The normalized spacial score (nSPS) is 11.2. The number of ether oxygens (including phenoxy) is 3. The smallest absolute Gasteiger partial charge is 0.271 e. The second-order valence-corrected chi connectivity index (χ2v) is 7.76. The van der Waals surface area contributed by atoms with Crippen LogP contribution in [0.5, 0.6) is 17.2 Å². The van der Waals surface area contributed by atoms with E-state index in [1.165, 1.54) is 11.9 Å². The molecule has 3 aromatic carbocycles. The van der Waals surface area contributed by atoms with Gasteiger partial charge < -0.3 is 14.2 Å². The van der Waals surface area contributed by atoms with Gasteiger partial charge in [0.25, 0.3) is 5.91 Å². The van der Waals surface area contributed by atoms with Crippen molar-refractivity contribution in [3.05, 3.63) is 83.4 Å². The zero-order valence-electron chi connectivity index (χ0n) is 20.4. The Kier molecular flexibility index (Phi) is 7.54. The number of hydrazone groups is 1. The largest absolute Gasteiger partial charge is 0.493 e. The number of hydrogen-bond donors (Lipinski definition) is 1. The van der Waals surface area contributed by atoms with Crippen LogP contribution in [-0.4, -0.2) is 53.2 Å². The van der Waals surface area contributed by atoms with Crippen molar-refractivity contribution in [2.75, 3.05) is 21.3 Å². The van der Waals surface area contributed by atoms with Gasteiger partial charge in [0.2, 0.25) is 11.6 Å². The highest BCUT2D eigenvalue weighted by molar-refractivity contribution is 6.01. The number of nitrogens with one attached hydrogen (secondary N) is 1. The number of nitrogens with zero attached hydrogens (tertiary/aromatic N) is 5. The van der Waals surface area contributed by atoms with Crippen LogP contribution in [0.3, 0.4) is 0 Å². The summed E-state index contributed by atoms with van der Waals surface area (Å²) in [5.41, 5.74) is 6.18. The van der Waals surface area contributed by atoms with Crippen LogP contribution in [0.1, 0.15) is 28.4 Å². The van der Waals surface area contributed by atoms with Crippen LogP contribution in [0.25, 0.3) is 11.4 Å². The van der Waals surface area contributed by atoms with Crippen LogP contribution >= 0.6 is 0 Å². The predicted octanol–water partition coefficient (Wildman–Crippen LogP) is 3.57. The number of carbonyl (C=O) groups excluding carboxylic acids is 1. The summed E-state index contributed by atoms with van der Waals surface area (Å²) in [5.74, 6) is 1.71. The molecule has 1 aromatic heterocycles. The lowest BCUT2D eigenvalue weighted by Crippen LogP contribution is -2.19. The van der Waals surface area contributed by atoms with Gasteiger partial charge in [-0.3, -0.25) is 4.79 Å². The maximum Gasteiger partial charge on any atom is 0.271 e. The van der Waals surface area contributed by atoms with E-state index in [2.05, 4.69) is 25.9 Å². The van der Waals surface area contributed by atoms with Crippen molar-refractivity contribution < 1.29 is 19.0 Å². The summed E-state index contributed by atoms with van der Waals surface area (Å²) in [7, 11) is 4.62. The van der Waals surface area contributed by atoms with Gasteiger partial charge in [-0.05, 0) is 42.0 Å². The Morgan fingerprint density at radius 2 is 1.58 bits per heavy atom. The first kappa shape index (κ1) is 24.4. The molecule has 1 heterocycles. The number of benzene rings is 3. The Bertz CT molecular complexity index is 1340. The maximum absolute atomic E-state index is 12.6. The van der Waals surface area contributed by atoms with Crippen LogP contribution < -0.4 is 19.6 Å². The lowest BCUT2D eigenvalue weighted by Gasteiger charge is -2.14. The minimum atomic E-state index is -0.335. The van der Waals surface area contributed by atoms with Crippen LogP contribution in [0.4, 0.5) is 0 Å². The number of hydrogen-bond acceptors (Lipinski definition) is 8. The van der Waals surface area contributed by atoms with E-state index >= 15 is 0 Å². The molecule has 1 N–H and O–H groups in total. The molecule has 0 radical (unpaired) electrons. The van der Waals surface area contributed by atoms with Crippen molar-refractivity contribution in [2.45, 2.75) is 13.5 Å². The number of carbonyl (C=O) groups is 1. The van der Waals surface area contributed by atoms with Gasteiger partial charge in [0.15, 0.2) is 11.5 Å². The SMILES string of the molecule is COc1cc(/C(C)=N\NC(=O)c2ccc(Cn3nnc(-c4ccccc4)n3)cc2)cc(OC)c1OC. The Balaban J connectivity index is 1.41. The molecule has 10 nitrogen and oxygen atoms in total. The molecular weight excluding hydrogens is 460 g/mol. The van der Waals surface area contributed by atoms with Crippen LogP contribution in [0.15, 0.2) is 71.8 Å². The van der Waals surface area contributed by atoms with E-state index in [1.54, 1.807) is 45.4 Å². The fourth-order valence-corrected chi connectivity index (χ4v) is 3.49. The summed E-state index contributed by atoms with van der Waals surface area (Å²) in [6, 6.07) is 20.3. The highest BCUT2D eigenvalue weighted by Crippen LogP contribution is 2.38. The summed E-state index contributed by atoms with van der Waals surface area (Å²) in [6.45, 7) is 2.21. The Morgan fingerprint density at radius 3 is 2.19 bits per heavy atom. The summed E-state index contributed by atoms with van der Waals surface area (Å²) in [5, 5.41) is 16.9. The quantitative estimate of drug-likeness (QED) is 0.284. The molecule has 10 heteroatoms. The third-order valence-corrected chi connectivity index (χ3v) is 5.43. The molecule has 0 fully saturated rings. The van der Waals surface area contributed by atoms with Gasteiger partial charge in [0.05, 0.1) is 33.6 Å². The van der Waals surface area contributed by atoms with E-state index in [9.17, 15) is 4.79 Å². The summed E-state index contributed by atoms with van der Waals surface area (Å²) in [4.78, 5) is 14.1. The first-order valence-electron chi connectivity index (χ1n) is 11.1. The van der Waals surface area contributed by atoms with Crippen molar-refractivity contribution in [1.82, 2.24) is 25.6 Å². The standard InChI is InChI=1S/C26H26N6O4/c1-17(21-14-22(34-2)24(36-4)23(15-21)35-3)27-29-26(33)20-12-10-18(11-13-20)16-32-30-25(28-31-32)19-8-6-5-7-9-19/h5-15H,16H2,1-4H3,(H,29,33)/b27-17-. The number of aromatic nitrogens is 4. The van der Waals surface area contributed by atoms with E-state index in [1.807, 2.05) is 42.5 Å². The third-order valence-electron chi connectivity index (χ3n) is 5.43. The predicted molar refractivity (Wildman–Crippen MR) is 135 cm³/mol. The first-order chi connectivity index (χ1) is 17.5. The fourth-order valence-electron chi connectivity index (χ4n) is 3.49. The Morgan fingerprint density at radius 1 is 0.917 bits per heavy atom. The van der Waals surface area contributed by atoms with Gasteiger partial charge in [0.1, 0.15) is 0 Å². The van der Waals surface area contributed by atoms with E-state index < -0.39 is 0 Å². The molecule has 0 saturated carbocycles. The van der Waals surface area contributed by atoms with Crippen molar-refractivity contribution in [2.24, 2.45) is 5.10 Å². The maximum atomic E-state index is 12.6. The molecule has 4 rings (SSSR count). The Hall–Kier alpha value is -4.73. The minimum absolute atomic E-state index is 0.335. The van der Waals surface area contributed by atoms with Crippen LogP contribution in [0, 0.1) is 0 Å². The van der Waals surface area contributed by atoms with E-state index in [0.29, 0.717) is 40.9 Å². The highest BCUT2D eigenvalue weighted by Gasteiger charge is 2.15. The highest BCUT2D eigenvalue weighted by atomic mass is 16.5. The molecule has 0 bridgehead atoms. The van der Waals surface area contributed by atoms with Crippen molar-refractivity contribution in [3.63, 3.8) is 0 Å². The van der Waals surface area contributed by atoms with Crippen LogP contribution in [-0.2, 0) is 6.54 Å². The monoisotopic (exact) mass is 486 g/mol. The number of methoxy groups -OCH3 is 3. The van der Waals surface area contributed by atoms with Gasteiger partial charge in [-0.15, -0.1) is 10.2 Å². The third kappa shape index (κ3) is 5.49. The van der Waals surface area contributed by atoms with E-state index in [4.69, 9.17) is 14.2 Å². The molecule has 0 atom stereocenters. The van der Waals surface area contributed by atoms with Crippen LogP contribution in [0.2, 0.25) is 0 Å². The molecule has 0 aliphatic rings. The fraction of sp³-hybridized carbons (Fsp3) is 0.192. The second kappa shape index (κ2) is 11.1. The summed E-state index contributed by atoms with van der Waals surface area (Å²) < 4.78 is 16.1. The zero-order chi connectivity index (χ0) is 25.5. The molecule has 1 amide bonds. The lowest BCUT2D eigenvalue weighted by molar-refractivity contribution is 0.0955. The molecule has 4 aromatic rings. The molecule has 0 aliphatic carbocycles. The summed E-state index contributed by atoms with van der Waals surface area (Å²) >= 11 is 0. The molecule has 0 saturated heterocycles. The van der Waals surface area contributed by atoms with Crippen molar-refractivity contribution >= 4 is 11.6 Å². The number of tetrazole rings is 1. The van der Waals surface area contributed by atoms with Gasteiger partial charge in [-0.2, -0.15) is 9.90 Å². The Labute approximate surface area is 208 Å². The molecule has 0 aliphatic heterocycles. The topological polar surface area (TPSA) is 113 Å². The number of amides is 1. The van der Waals surface area contributed by atoms with Gasteiger partial charge in [0, 0.05) is 16.7 Å².